The fourth-order valence-electron chi connectivity index (χ4n) is 4.50. The van der Waals surface area contributed by atoms with Gasteiger partial charge in [0.1, 0.15) is 0 Å². The van der Waals surface area contributed by atoms with Crippen LogP contribution in [0.2, 0.25) is 0 Å². The van der Waals surface area contributed by atoms with E-state index in [1.54, 1.807) is 0 Å². The number of hydrogen-bond acceptors (Lipinski definition) is 2. The summed E-state index contributed by atoms with van der Waals surface area (Å²) in [5.41, 5.74) is 5.34. The quantitative estimate of drug-likeness (QED) is 0.374. The van der Waals surface area contributed by atoms with Gasteiger partial charge in [-0.1, -0.05) is 52.8 Å². The summed E-state index contributed by atoms with van der Waals surface area (Å²) >= 11 is 0. The third-order valence-corrected chi connectivity index (χ3v) is 5.73. The number of pyridine rings is 2. The molecule has 28 heavy (non-hydrogen) atoms. The lowest BCUT2D eigenvalue weighted by atomic mass is 9.68. The standard InChI is InChI=1S/C26H26N2/c1-25(2,3)15-16-11-18-8-10-28-24-19-14-22-17(7-6-9-27-22)13-20(19)26(4,5)21(12-16)23(18)24/h6-14H,15H2,1-5H3/i15D2. The van der Waals surface area contributed by atoms with Crippen LogP contribution >= 0.6 is 0 Å². The highest BCUT2D eigenvalue weighted by Gasteiger charge is 2.35. The van der Waals surface area contributed by atoms with Gasteiger partial charge in [0, 0.05) is 36.9 Å². The summed E-state index contributed by atoms with van der Waals surface area (Å²) in [4.78, 5) is 9.32. The number of benzene rings is 2. The maximum atomic E-state index is 8.86. The minimum Gasteiger partial charge on any atom is -0.256 e. The average Bonchev–Trinajstić information content (AvgIpc) is 2.69. The van der Waals surface area contributed by atoms with E-state index in [-0.39, 0.29) is 5.41 Å². The summed E-state index contributed by atoms with van der Waals surface area (Å²) in [6, 6.07) is 14.5. The number of aromatic nitrogens is 2. The van der Waals surface area contributed by atoms with Crippen molar-refractivity contribution in [3.05, 3.63) is 71.5 Å². The van der Waals surface area contributed by atoms with Crippen molar-refractivity contribution in [1.29, 1.82) is 0 Å². The number of fused-ring (bicyclic) bond motifs is 3. The van der Waals surface area contributed by atoms with Crippen molar-refractivity contribution in [2.45, 2.75) is 46.4 Å². The molecule has 2 heteroatoms. The van der Waals surface area contributed by atoms with Crippen LogP contribution in [0.1, 0.15) is 54.1 Å². The topological polar surface area (TPSA) is 25.8 Å². The molecule has 0 atom stereocenters. The lowest BCUT2D eigenvalue weighted by Crippen LogP contribution is -2.25. The molecule has 0 radical (unpaired) electrons. The van der Waals surface area contributed by atoms with Crippen molar-refractivity contribution in [2.24, 2.45) is 5.41 Å². The smallest absolute Gasteiger partial charge is 0.0787 e. The van der Waals surface area contributed by atoms with E-state index in [9.17, 15) is 0 Å². The van der Waals surface area contributed by atoms with Gasteiger partial charge in [0.15, 0.2) is 0 Å². The Morgan fingerprint density at radius 2 is 1.75 bits per heavy atom. The second-order valence-electron chi connectivity index (χ2n) is 9.38. The van der Waals surface area contributed by atoms with Gasteiger partial charge in [-0.15, -0.1) is 0 Å². The molecule has 2 nitrogen and oxygen atoms in total. The molecule has 0 unspecified atom stereocenters. The molecule has 2 aromatic heterocycles. The largest absolute Gasteiger partial charge is 0.256 e. The van der Waals surface area contributed by atoms with Crippen LogP contribution in [0.5, 0.6) is 0 Å². The molecule has 140 valence electrons. The van der Waals surface area contributed by atoms with Crippen LogP contribution in [-0.4, -0.2) is 9.97 Å². The first-order valence-corrected chi connectivity index (χ1v) is 9.85. The monoisotopic (exact) mass is 368 g/mol. The van der Waals surface area contributed by atoms with E-state index in [1.807, 2.05) is 51.4 Å². The van der Waals surface area contributed by atoms with Crippen LogP contribution < -0.4 is 0 Å². The maximum absolute atomic E-state index is 8.86. The molecule has 0 saturated heterocycles. The third-order valence-electron chi connectivity index (χ3n) is 5.73. The van der Waals surface area contributed by atoms with Crippen LogP contribution in [0.3, 0.4) is 0 Å². The van der Waals surface area contributed by atoms with Gasteiger partial charge in [-0.05, 0) is 58.1 Å². The number of hydrogen-bond donors (Lipinski definition) is 0. The van der Waals surface area contributed by atoms with Gasteiger partial charge in [0.25, 0.3) is 0 Å². The van der Waals surface area contributed by atoms with Crippen molar-refractivity contribution in [2.75, 3.05) is 0 Å². The molecule has 1 aliphatic rings. The fraction of sp³-hybridized carbons (Fsp3) is 0.308. The Hall–Kier alpha value is -2.74. The van der Waals surface area contributed by atoms with Crippen molar-refractivity contribution >= 4 is 21.7 Å². The Bertz CT molecular complexity index is 1330. The van der Waals surface area contributed by atoms with E-state index in [0.29, 0.717) is 0 Å². The predicted molar refractivity (Wildman–Crippen MR) is 118 cm³/mol. The van der Waals surface area contributed by atoms with E-state index in [2.05, 4.69) is 43.1 Å². The minimum atomic E-state index is -1.45. The zero-order chi connectivity index (χ0) is 21.5. The molecule has 2 heterocycles. The first kappa shape index (κ1) is 15.2. The van der Waals surface area contributed by atoms with E-state index in [4.69, 9.17) is 7.73 Å². The molecule has 0 amide bonds. The highest BCUT2D eigenvalue weighted by atomic mass is 14.7. The van der Waals surface area contributed by atoms with Gasteiger partial charge in [-0.2, -0.15) is 0 Å². The molecule has 0 N–H and O–H groups in total. The van der Waals surface area contributed by atoms with Crippen molar-refractivity contribution in [3.8, 4) is 11.3 Å². The molecule has 4 aromatic rings. The highest BCUT2D eigenvalue weighted by Crippen LogP contribution is 2.49. The highest BCUT2D eigenvalue weighted by molar-refractivity contribution is 6.03. The average molecular weight is 369 g/mol. The van der Waals surface area contributed by atoms with Crippen molar-refractivity contribution < 1.29 is 2.74 Å². The first-order chi connectivity index (χ1) is 14.0. The lowest BCUT2D eigenvalue weighted by Gasteiger charge is -2.35. The Morgan fingerprint density at radius 1 is 0.929 bits per heavy atom. The molecule has 0 bridgehead atoms. The Kier molecular flexibility index (Phi) is 3.06. The SMILES string of the molecule is [2H]C([2H])(c1cc2c3c(nccc3c1)-c1cc3ncccc3cc1C2(C)C)C(C)(C)C. The fourth-order valence-corrected chi connectivity index (χ4v) is 4.50. The van der Waals surface area contributed by atoms with Crippen LogP contribution in [0.4, 0.5) is 0 Å². The molecule has 2 aromatic carbocycles. The van der Waals surface area contributed by atoms with Crippen molar-refractivity contribution in [3.63, 3.8) is 0 Å². The number of nitrogens with zero attached hydrogens (tertiary/aromatic N) is 2. The van der Waals surface area contributed by atoms with Crippen LogP contribution in [0.15, 0.2) is 54.9 Å². The Labute approximate surface area is 169 Å². The molecule has 0 saturated carbocycles. The maximum Gasteiger partial charge on any atom is 0.0787 e. The van der Waals surface area contributed by atoms with Gasteiger partial charge < -0.3 is 0 Å². The normalized spacial score (nSPS) is 16.6. The lowest BCUT2D eigenvalue weighted by molar-refractivity contribution is 0.411. The van der Waals surface area contributed by atoms with E-state index in [0.717, 1.165) is 44.1 Å². The Balaban J connectivity index is 1.90. The Morgan fingerprint density at radius 3 is 2.54 bits per heavy atom. The van der Waals surface area contributed by atoms with Crippen LogP contribution in [-0.2, 0) is 11.8 Å². The predicted octanol–water partition coefficient (Wildman–Crippen LogP) is 6.68. The molecule has 1 aliphatic carbocycles. The van der Waals surface area contributed by atoms with E-state index in [1.165, 1.54) is 5.56 Å². The van der Waals surface area contributed by atoms with Crippen molar-refractivity contribution in [1.82, 2.24) is 9.97 Å². The zero-order valence-corrected chi connectivity index (χ0v) is 17.1. The molecule has 0 spiro atoms. The van der Waals surface area contributed by atoms with Gasteiger partial charge in [0.05, 0.1) is 11.2 Å². The van der Waals surface area contributed by atoms with E-state index >= 15 is 0 Å². The molecule has 5 rings (SSSR count). The van der Waals surface area contributed by atoms with Gasteiger partial charge >= 0.3 is 0 Å². The van der Waals surface area contributed by atoms with Gasteiger partial charge in [0.2, 0.25) is 0 Å². The van der Waals surface area contributed by atoms with Crippen LogP contribution in [0, 0.1) is 5.41 Å². The van der Waals surface area contributed by atoms with E-state index < -0.39 is 11.8 Å². The zero-order valence-electron chi connectivity index (χ0n) is 19.1. The molecule has 0 aliphatic heterocycles. The molecular weight excluding hydrogens is 340 g/mol. The summed E-state index contributed by atoms with van der Waals surface area (Å²) in [6.07, 6.45) is 2.21. The second-order valence-corrected chi connectivity index (χ2v) is 9.38. The second kappa shape index (κ2) is 5.64. The van der Waals surface area contributed by atoms with Gasteiger partial charge in [-0.25, -0.2) is 0 Å². The first-order valence-electron chi connectivity index (χ1n) is 10.9. The summed E-state index contributed by atoms with van der Waals surface area (Å²) in [5.74, 6) is 0. The van der Waals surface area contributed by atoms with Gasteiger partial charge in [-0.3, -0.25) is 9.97 Å². The summed E-state index contributed by atoms with van der Waals surface area (Å²) < 4.78 is 17.7. The summed E-state index contributed by atoms with van der Waals surface area (Å²) in [6.45, 7) is 10.3. The van der Waals surface area contributed by atoms with Crippen LogP contribution in [0.25, 0.3) is 32.9 Å². The third kappa shape index (κ3) is 2.55. The summed E-state index contributed by atoms with van der Waals surface area (Å²) in [7, 11) is 0. The molecular formula is C26H26N2. The minimum absolute atomic E-state index is 0.280. The summed E-state index contributed by atoms with van der Waals surface area (Å²) in [5, 5.41) is 3.28. The molecule has 0 fully saturated rings. The number of rotatable bonds is 1.